The normalized spacial score (nSPS) is 23.2. The summed E-state index contributed by atoms with van der Waals surface area (Å²) in [7, 11) is 0. The van der Waals surface area contributed by atoms with Crippen molar-refractivity contribution in [3.8, 4) is 0 Å². The minimum Gasteiger partial charge on any atom is -0.315 e. The Morgan fingerprint density at radius 3 is 3.42 bits per heavy atom. The molecule has 5 heteroatoms. The van der Waals surface area contributed by atoms with Crippen molar-refractivity contribution in [2.75, 3.05) is 13.1 Å². The van der Waals surface area contributed by atoms with E-state index in [-0.39, 0.29) is 0 Å². The van der Waals surface area contributed by atoms with Crippen molar-refractivity contribution < 1.29 is 0 Å². The third-order valence-corrected chi connectivity index (χ3v) is 2.69. The first-order chi connectivity index (χ1) is 5.95. The Hall–Kier alpha value is -0.520. The summed E-state index contributed by atoms with van der Waals surface area (Å²) in [5.41, 5.74) is 0. The molecule has 1 atom stereocenters. The van der Waals surface area contributed by atoms with E-state index in [4.69, 9.17) is 0 Å². The quantitative estimate of drug-likeness (QED) is 0.693. The van der Waals surface area contributed by atoms with Crippen LogP contribution >= 0.6 is 11.5 Å². The number of nitrogens with one attached hydrogen (secondary N) is 2. The smallest absolute Gasteiger partial charge is 0.0666 e. The fourth-order valence-corrected chi connectivity index (χ4v) is 1.78. The van der Waals surface area contributed by atoms with Gasteiger partial charge in [0.25, 0.3) is 0 Å². The van der Waals surface area contributed by atoms with E-state index < -0.39 is 0 Å². The Labute approximate surface area is 75.5 Å². The van der Waals surface area contributed by atoms with Crippen molar-refractivity contribution in [2.24, 2.45) is 0 Å². The molecule has 0 aliphatic carbocycles. The second-order valence-corrected chi connectivity index (χ2v) is 3.82. The summed E-state index contributed by atoms with van der Waals surface area (Å²) in [4.78, 5) is 1.21. The molecule has 0 radical (unpaired) electrons. The number of hydrogen-bond donors (Lipinski definition) is 2. The highest BCUT2D eigenvalue weighted by Gasteiger charge is 2.13. The van der Waals surface area contributed by atoms with Crippen LogP contribution in [0.25, 0.3) is 0 Å². The lowest BCUT2D eigenvalue weighted by molar-refractivity contribution is 0.550. The van der Waals surface area contributed by atoms with Gasteiger partial charge in [0.1, 0.15) is 0 Å². The molecule has 1 aromatic heterocycles. The average molecular weight is 184 g/mol. The monoisotopic (exact) mass is 184 g/mol. The van der Waals surface area contributed by atoms with Gasteiger partial charge in [-0.1, -0.05) is 4.49 Å². The molecule has 1 aliphatic rings. The highest BCUT2D eigenvalue weighted by atomic mass is 32.1. The lowest BCUT2D eigenvalue weighted by Gasteiger charge is -2.08. The van der Waals surface area contributed by atoms with Crippen molar-refractivity contribution in [1.82, 2.24) is 20.2 Å². The SMILES string of the molecule is c1nnsc1CNC1CCNC1. The van der Waals surface area contributed by atoms with Gasteiger partial charge in [0.05, 0.1) is 11.1 Å². The second kappa shape index (κ2) is 3.93. The number of rotatable bonds is 3. The predicted molar refractivity (Wildman–Crippen MR) is 48.0 cm³/mol. The Balaban J connectivity index is 1.74. The van der Waals surface area contributed by atoms with Gasteiger partial charge < -0.3 is 10.6 Å². The molecule has 12 heavy (non-hydrogen) atoms. The Bertz CT molecular complexity index is 217. The zero-order valence-electron chi connectivity index (χ0n) is 6.79. The molecule has 0 spiro atoms. The summed E-state index contributed by atoms with van der Waals surface area (Å²) < 4.78 is 3.80. The zero-order valence-corrected chi connectivity index (χ0v) is 7.60. The van der Waals surface area contributed by atoms with Crippen LogP contribution in [0.2, 0.25) is 0 Å². The summed E-state index contributed by atoms with van der Waals surface area (Å²) in [6, 6.07) is 0.632. The molecule has 0 bridgehead atoms. The standard InChI is InChI=1S/C7H12N4S/c1-2-8-3-6(1)9-4-7-5-10-11-12-7/h5-6,8-9H,1-4H2. The van der Waals surface area contributed by atoms with Crippen molar-refractivity contribution in [2.45, 2.75) is 19.0 Å². The third-order valence-electron chi connectivity index (χ3n) is 2.03. The van der Waals surface area contributed by atoms with Gasteiger partial charge in [-0.15, -0.1) is 5.10 Å². The molecular weight excluding hydrogens is 172 g/mol. The maximum Gasteiger partial charge on any atom is 0.0666 e. The first kappa shape index (κ1) is 8.10. The highest BCUT2D eigenvalue weighted by Crippen LogP contribution is 2.03. The van der Waals surface area contributed by atoms with Gasteiger partial charge in [-0.25, -0.2) is 0 Å². The van der Waals surface area contributed by atoms with Gasteiger partial charge >= 0.3 is 0 Å². The first-order valence-corrected chi connectivity index (χ1v) is 4.93. The molecule has 2 N–H and O–H groups in total. The third kappa shape index (κ3) is 2.00. The van der Waals surface area contributed by atoms with Crippen LogP contribution in [0.15, 0.2) is 6.20 Å². The molecule has 1 aromatic rings. The van der Waals surface area contributed by atoms with E-state index in [1.165, 1.54) is 22.8 Å². The van der Waals surface area contributed by atoms with Gasteiger partial charge in [0.2, 0.25) is 0 Å². The fourth-order valence-electron chi connectivity index (χ4n) is 1.34. The Kier molecular flexibility index (Phi) is 2.65. The molecule has 1 unspecified atom stereocenters. The van der Waals surface area contributed by atoms with Crippen molar-refractivity contribution in [3.05, 3.63) is 11.1 Å². The van der Waals surface area contributed by atoms with Gasteiger partial charge in [-0.3, -0.25) is 0 Å². The molecule has 2 heterocycles. The summed E-state index contributed by atoms with van der Waals surface area (Å²) in [6.45, 7) is 3.13. The average Bonchev–Trinajstić information content (AvgIpc) is 2.74. The molecule has 66 valence electrons. The van der Waals surface area contributed by atoms with Crippen molar-refractivity contribution in [3.63, 3.8) is 0 Å². The van der Waals surface area contributed by atoms with Crippen LogP contribution in [-0.2, 0) is 6.54 Å². The van der Waals surface area contributed by atoms with Crippen LogP contribution < -0.4 is 10.6 Å². The molecule has 0 saturated carbocycles. The van der Waals surface area contributed by atoms with Gasteiger partial charge in [0, 0.05) is 19.1 Å². The van der Waals surface area contributed by atoms with Crippen LogP contribution in [0.4, 0.5) is 0 Å². The summed E-state index contributed by atoms with van der Waals surface area (Å²) in [5, 5.41) is 10.5. The second-order valence-electron chi connectivity index (χ2n) is 2.95. The van der Waals surface area contributed by atoms with E-state index in [1.807, 2.05) is 6.20 Å². The summed E-state index contributed by atoms with van der Waals surface area (Å²) in [5.74, 6) is 0. The maximum absolute atomic E-state index is 3.80. The van der Waals surface area contributed by atoms with Gasteiger partial charge in [0.15, 0.2) is 0 Å². The summed E-state index contributed by atoms with van der Waals surface area (Å²) in [6.07, 6.45) is 3.05. The minimum absolute atomic E-state index is 0.632. The predicted octanol–water partition coefficient (Wildman–Crippen LogP) is -0.0104. The van der Waals surface area contributed by atoms with Crippen LogP contribution in [-0.4, -0.2) is 28.7 Å². The van der Waals surface area contributed by atoms with Crippen LogP contribution in [0.5, 0.6) is 0 Å². The molecule has 4 nitrogen and oxygen atoms in total. The maximum atomic E-state index is 3.80. The Morgan fingerprint density at radius 2 is 2.75 bits per heavy atom. The van der Waals surface area contributed by atoms with E-state index in [2.05, 4.69) is 20.2 Å². The van der Waals surface area contributed by atoms with Crippen molar-refractivity contribution >= 4 is 11.5 Å². The minimum atomic E-state index is 0.632. The van der Waals surface area contributed by atoms with Crippen molar-refractivity contribution in [1.29, 1.82) is 0 Å². The van der Waals surface area contributed by atoms with E-state index in [0.717, 1.165) is 19.6 Å². The molecule has 2 rings (SSSR count). The fraction of sp³-hybridized carbons (Fsp3) is 0.714. The number of hydrogen-bond acceptors (Lipinski definition) is 5. The Morgan fingerprint density at radius 1 is 1.75 bits per heavy atom. The molecule has 1 saturated heterocycles. The van der Waals surface area contributed by atoms with Gasteiger partial charge in [-0.2, -0.15) is 0 Å². The van der Waals surface area contributed by atoms with Crippen LogP contribution in [0.1, 0.15) is 11.3 Å². The molecule has 1 fully saturated rings. The van der Waals surface area contributed by atoms with E-state index in [9.17, 15) is 0 Å². The van der Waals surface area contributed by atoms with E-state index in [1.54, 1.807) is 0 Å². The highest BCUT2D eigenvalue weighted by molar-refractivity contribution is 7.05. The summed E-state index contributed by atoms with van der Waals surface area (Å²) >= 11 is 1.46. The molecular formula is C7H12N4S. The largest absolute Gasteiger partial charge is 0.315 e. The molecule has 1 aliphatic heterocycles. The van der Waals surface area contributed by atoms with Crippen LogP contribution in [0.3, 0.4) is 0 Å². The first-order valence-electron chi connectivity index (χ1n) is 4.15. The molecule has 0 aromatic carbocycles. The lowest BCUT2D eigenvalue weighted by Crippen LogP contribution is -2.30. The van der Waals surface area contributed by atoms with Gasteiger partial charge in [-0.05, 0) is 24.5 Å². The zero-order chi connectivity index (χ0) is 8.23. The lowest BCUT2D eigenvalue weighted by atomic mass is 10.2. The van der Waals surface area contributed by atoms with E-state index >= 15 is 0 Å². The molecule has 0 amide bonds. The number of nitrogens with zero attached hydrogens (tertiary/aromatic N) is 2. The topological polar surface area (TPSA) is 49.8 Å². The number of aromatic nitrogens is 2. The van der Waals surface area contributed by atoms with E-state index in [0.29, 0.717) is 6.04 Å². The van der Waals surface area contributed by atoms with Crippen LogP contribution in [0, 0.1) is 0 Å².